The van der Waals surface area contributed by atoms with Crippen LogP contribution in [-0.2, 0) is 9.59 Å². The quantitative estimate of drug-likeness (QED) is 0.384. The van der Waals surface area contributed by atoms with Crippen LogP contribution in [0.1, 0.15) is 13.8 Å². The maximum Gasteiger partial charge on any atom is 0.366 e. The molecule has 0 rings (SSSR count). The van der Waals surface area contributed by atoms with Crippen molar-refractivity contribution in [2.24, 2.45) is 5.92 Å². The highest BCUT2D eigenvalue weighted by Gasteiger charge is 2.52. The Kier molecular flexibility index (Phi) is 5.73. The maximum atomic E-state index is 10.7. The van der Waals surface area contributed by atoms with Crippen molar-refractivity contribution in [1.82, 2.24) is 0 Å². The zero-order valence-electron chi connectivity index (χ0n) is 7.90. The lowest BCUT2D eigenvalue weighted by Gasteiger charge is -2.27. The van der Waals surface area contributed by atoms with Crippen molar-refractivity contribution in [3.8, 4) is 0 Å². The van der Waals surface area contributed by atoms with Crippen molar-refractivity contribution in [2.75, 3.05) is 0 Å². The molecule has 0 aliphatic rings. The molecule has 14 heavy (non-hydrogen) atoms. The molecule has 6 nitrogen and oxygen atoms in total. The minimum atomic E-state index is -2.31. The largest absolute Gasteiger partial charge is 1.00 e. The van der Waals surface area contributed by atoms with E-state index < -0.39 is 29.5 Å². The van der Waals surface area contributed by atoms with Gasteiger partial charge >= 0.3 is 11.9 Å². The Balaban J connectivity index is 0. The lowest BCUT2D eigenvalue weighted by atomic mass is 9.83. The lowest BCUT2D eigenvalue weighted by molar-refractivity contribution is -0.439. The van der Waals surface area contributed by atoms with Crippen LogP contribution in [0, 0.1) is 5.92 Å². The molecule has 0 heterocycles. The number of carboxylic acids is 2. The summed E-state index contributed by atoms with van der Waals surface area (Å²) in [5.74, 6) is -3.72. The predicted molar refractivity (Wildman–Crippen MR) is 41.7 cm³/mol. The van der Waals surface area contributed by atoms with Crippen molar-refractivity contribution in [1.29, 1.82) is 0 Å². The molecule has 0 amide bonds. The van der Waals surface area contributed by atoms with E-state index in [0.29, 0.717) is 0 Å². The summed E-state index contributed by atoms with van der Waals surface area (Å²) in [6.07, 6.45) is 0. The van der Waals surface area contributed by atoms with Crippen LogP contribution in [0.2, 0.25) is 0 Å². The van der Waals surface area contributed by atoms with Crippen molar-refractivity contribution in [3.05, 3.63) is 0 Å². The number of carboxylic acid groups (broad SMARTS) is 2. The van der Waals surface area contributed by atoms with Gasteiger partial charge in [0, 0.05) is 0 Å². The Morgan fingerprint density at radius 2 is 1.64 bits per heavy atom. The monoisotopic (exact) mass is 227 g/mol. The van der Waals surface area contributed by atoms with Gasteiger partial charge in [-0.25, -0.2) is 9.59 Å². The van der Waals surface area contributed by atoms with Gasteiger partial charge in [0.15, 0.2) is 0 Å². The summed E-state index contributed by atoms with van der Waals surface area (Å²) < 4.78 is 0. The van der Waals surface area contributed by atoms with Crippen molar-refractivity contribution >= 4 is 11.9 Å². The predicted octanol–water partition coefficient (Wildman–Crippen LogP) is -4.84. The Hall–Kier alpha value is -0.850. The number of hydrogen-bond acceptors (Lipinski definition) is 3. The van der Waals surface area contributed by atoms with Crippen LogP contribution in [-0.4, -0.2) is 38.9 Å². The van der Waals surface area contributed by atoms with Crippen LogP contribution in [0.15, 0.2) is 0 Å². The molecule has 7 heteroatoms. The summed E-state index contributed by atoms with van der Waals surface area (Å²) in [5.41, 5.74) is 0.808. The average molecular weight is 228 g/mol. The highest BCUT2D eigenvalue weighted by Crippen LogP contribution is 2.19. The van der Waals surface area contributed by atoms with E-state index in [4.69, 9.17) is 10.2 Å². The molecule has 0 saturated heterocycles. The standard InChI is InChI=1S/C7H13NO5.ClH/c1-3(2)7(13,6(11)12)4(8)5(9)10;/h3-4,13H,8H2,1-2H3,(H,9,10)(H,11,12);1H/t4-,7+;/m1./s1. The second kappa shape index (κ2) is 5.14. The lowest BCUT2D eigenvalue weighted by Crippen LogP contribution is -3.00. The first-order valence-corrected chi connectivity index (χ1v) is 3.76. The third kappa shape index (κ3) is 2.57. The molecular weight excluding hydrogens is 214 g/mol. The fraction of sp³-hybridized carbons (Fsp3) is 0.714. The van der Waals surface area contributed by atoms with Gasteiger partial charge in [0.25, 0.3) is 0 Å². The van der Waals surface area contributed by atoms with Crippen molar-refractivity contribution in [3.63, 3.8) is 0 Å². The highest BCUT2D eigenvalue weighted by molar-refractivity contribution is 5.87. The number of carbonyl (C=O) groups is 2. The van der Waals surface area contributed by atoms with Crippen LogP contribution in [0.5, 0.6) is 0 Å². The van der Waals surface area contributed by atoms with Crippen LogP contribution in [0.3, 0.4) is 0 Å². The smallest absolute Gasteiger partial charge is 0.366 e. The molecule has 0 bridgehead atoms. The van der Waals surface area contributed by atoms with E-state index in [2.05, 4.69) is 5.73 Å². The SMILES string of the molecule is CC(C)[C@@](O)(C(=O)O)[C@H]([NH3+])C(=O)O.[Cl-]. The number of quaternary nitrogens is 1. The van der Waals surface area contributed by atoms with Crippen LogP contribution in [0.4, 0.5) is 0 Å². The van der Waals surface area contributed by atoms with Gasteiger partial charge in [-0.05, 0) is 5.92 Å². The van der Waals surface area contributed by atoms with E-state index in [1.54, 1.807) is 0 Å². The number of rotatable bonds is 4. The van der Waals surface area contributed by atoms with Gasteiger partial charge in [0.05, 0.1) is 0 Å². The molecule has 0 aromatic carbocycles. The molecule has 6 N–H and O–H groups in total. The first-order valence-electron chi connectivity index (χ1n) is 3.76. The molecule has 0 aliphatic heterocycles. The number of hydrogen-bond donors (Lipinski definition) is 4. The average Bonchev–Trinajstić information content (AvgIpc) is 2.00. The van der Waals surface area contributed by atoms with Crippen LogP contribution >= 0.6 is 0 Å². The van der Waals surface area contributed by atoms with E-state index in [1.165, 1.54) is 13.8 Å². The van der Waals surface area contributed by atoms with Gasteiger partial charge in [0.1, 0.15) is 0 Å². The molecule has 0 unspecified atom stereocenters. The first kappa shape index (κ1) is 15.6. The van der Waals surface area contributed by atoms with Gasteiger partial charge < -0.3 is 33.5 Å². The fourth-order valence-electron chi connectivity index (χ4n) is 0.987. The first-order chi connectivity index (χ1) is 5.74. The number of aliphatic hydroxyl groups is 1. The zero-order valence-corrected chi connectivity index (χ0v) is 8.65. The van der Waals surface area contributed by atoms with Crippen molar-refractivity contribution < 1.29 is 43.0 Å². The van der Waals surface area contributed by atoms with Gasteiger partial charge in [0.2, 0.25) is 11.6 Å². The van der Waals surface area contributed by atoms with Crippen molar-refractivity contribution in [2.45, 2.75) is 25.5 Å². The van der Waals surface area contributed by atoms with Gasteiger partial charge in [-0.15, -0.1) is 0 Å². The molecule has 0 aromatic rings. The van der Waals surface area contributed by atoms with Gasteiger partial charge in [-0.1, -0.05) is 13.8 Å². The molecule has 0 radical (unpaired) electrons. The maximum absolute atomic E-state index is 10.7. The summed E-state index contributed by atoms with van der Waals surface area (Å²) in [6.45, 7) is 2.85. The van der Waals surface area contributed by atoms with E-state index in [-0.39, 0.29) is 12.4 Å². The summed E-state index contributed by atoms with van der Waals surface area (Å²) in [5, 5.41) is 26.8. The van der Waals surface area contributed by atoms with Crippen LogP contribution < -0.4 is 18.1 Å². The molecule has 0 aromatic heterocycles. The Bertz CT molecular complexity index is 232. The molecule has 0 fully saturated rings. The molecule has 0 saturated carbocycles. The third-order valence-corrected chi connectivity index (χ3v) is 2.05. The Morgan fingerprint density at radius 1 is 1.29 bits per heavy atom. The minimum absolute atomic E-state index is 0. The second-order valence-corrected chi connectivity index (χ2v) is 3.18. The normalized spacial score (nSPS) is 16.6. The molecule has 0 spiro atoms. The van der Waals surface area contributed by atoms with E-state index >= 15 is 0 Å². The van der Waals surface area contributed by atoms with Gasteiger partial charge in [-0.2, -0.15) is 0 Å². The molecule has 84 valence electrons. The second-order valence-electron chi connectivity index (χ2n) is 3.18. The Morgan fingerprint density at radius 3 is 1.71 bits per heavy atom. The zero-order chi connectivity index (χ0) is 10.8. The van der Waals surface area contributed by atoms with Gasteiger partial charge in [-0.3, -0.25) is 0 Å². The topological polar surface area (TPSA) is 122 Å². The minimum Gasteiger partial charge on any atom is -1.00 e. The summed E-state index contributed by atoms with van der Waals surface area (Å²) in [6, 6.07) is -1.58. The summed E-state index contributed by atoms with van der Waals surface area (Å²) >= 11 is 0. The summed E-state index contributed by atoms with van der Waals surface area (Å²) in [7, 11) is 0. The van der Waals surface area contributed by atoms with Crippen LogP contribution in [0.25, 0.3) is 0 Å². The third-order valence-electron chi connectivity index (χ3n) is 2.05. The van der Waals surface area contributed by atoms with E-state index in [1.807, 2.05) is 0 Å². The Labute approximate surface area is 87.1 Å². The molecule has 0 aliphatic carbocycles. The van der Waals surface area contributed by atoms with E-state index in [0.717, 1.165) is 0 Å². The number of halogens is 1. The molecular formula is C7H14ClNO5. The summed E-state index contributed by atoms with van der Waals surface area (Å²) in [4.78, 5) is 21.1. The number of aliphatic carboxylic acids is 2. The fourth-order valence-corrected chi connectivity index (χ4v) is 0.987. The van der Waals surface area contributed by atoms with E-state index in [9.17, 15) is 14.7 Å². The highest BCUT2D eigenvalue weighted by atomic mass is 35.5. The molecule has 2 atom stereocenters.